The molecule has 1 atom stereocenters. The van der Waals surface area contributed by atoms with Crippen molar-refractivity contribution < 1.29 is 9.13 Å². The van der Waals surface area contributed by atoms with E-state index in [1.807, 2.05) is 47.3 Å². The lowest BCUT2D eigenvalue weighted by Crippen LogP contribution is -2.38. The number of aromatic nitrogens is 4. The van der Waals surface area contributed by atoms with Crippen molar-refractivity contribution >= 4 is 51.2 Å². The lowest BCUT2D eigenvalue weighted by atomic mass is 10.0. The predicted octanol–water partition coefficient (Wildman–Crippen LogP) is 6.42. The Bertz CT molecular complexity index is 1790. The van der Waals surface area contributed by atoms with Crippen LogP contribution in [0.4, 0.5) is 21.5 Å². The summed E-state index contributed by atoms with van der Waals surface area (Å²) in [5, 5.41) is 26.5. The molecule has 5 aromatic rings. The highest BCUT2D eigenvalue weighted by Gasteiger charge is 2.21. The molecule has 218 valence electrons. The van der Waals surface area contributed by atoms with Crippen molar-refractivity contribution in [3.8, 4) is 6.07 Å². The van der Waals surface area contributed by atoms with Gasteiger partial charge < -0.3 is 15.4 Å². The number of rotatable bonds is 9. The van der Waals surface area contributed by atoms with Gasteiger partial charge in [-0.05, 0) is 35.9 Å². The average Bonchev–Trinajstić information content (AvgIpc) is 3.50. The lowest BCUT2D eigenvalue weighted by Gasteiger charge is -2.26. The van der Waals surface area contributed by atoms with Crippen molar-refractivity contribution in [3.63, 3.8) is 0 Å². The second kappa shape index (κ2) is 12.9. The van der Waals surface area contributed by atoms with Gasteiger partial charge in [-0.25, -0.2) is 4.39 Å². The van der Waals surface area contributed by atoms with Gasteiger partial charge in [0.05, 0.1) is 58.8 Å². The van der Waals surface area contributed by atoms with Crippen LogP contribution in [-0.2, 0) is 11.3 Å². The molecule has 1 fully saturated rings. The number of anilines is 3. The van der Waals surface area contributed by atoms with Gasteiger partial charge >= 0.3 is 0 Å². The van der Waals surface area contributed by atoms with E-state index >= 15 is 0 Å². The largest absolute Gasteiger partial charge is 0.379 e. The van der Waals surface area contributed by atoms with E-state index in [-0.39, 0.29) is 11.1 Å². The van der Waals surface area contributed by atoms with Crippen LogP contribution >= 0.6 is 23.2 Å². The van der Waals surface area contributed by atoms with E-state index < -0.39 is 5.82 Å². The zero-order valence-corrected chi connectivity index (χ0v) is 24.5. The third kappa shape index (κ3) is 6.55. The minimum Gasteiger partial charge on any atom is -0.379 e. The van der Waals surface area contributed by atoms with E-state index in [4.69, 9.17) is 27.9 Å². The van der Waals surface area contributed by atoms with E-state index in [1.165, 1.54) is 18.3 Å². The molecule has 9 nitrogen and oxygen atoms in total. The maximum absolute atomic E-state index is 13.8. The van der Waals surface area contributed by atoms with Crippen LogP contribution in [0.25, 0.3) is 10.9 Å². The fourth-order valence-electron chi connectivity index (χ4n) is 5.04. The molecule has 0 saturated carbocycles. The lowest BCUT2D eigenvalue weighted by molar-refractivity contribution is 0.0359. The van der Waals surface area contributed by atoms with Crippen molar-refractivity contribution in [3.05, 3.63) is 106 Å². The first-order valence-corrected chi connectivity index (χ1v) is 14.5. The molecule has 2 aromatic heterocycles. The number of halogens is 3. The Morgan fingerprint density at radius 3 is 2.56 bits per heavy atom. The number of morpholine rings is 1. The van der Waals surface area contributed by atoms with Gasteiger partial charge in [0, 0.05) is 42.6 Å². The highest BCUT2D eigenvalue weighted by atomic mass is 35.5. The van der Waals surface area contributed by atoms with E-state index in [0.29, 0.717) is 45.1 Å². The summed E-state index contributed by atoms with van der Waals surface area (Å²) in [6.45, 7) is 4.88. The van der Waals surface area contributed by atoms with Crippen LogP contribution in [0.5, 0.6) is 0 Å². The van der Waals surface area contributed by atoms with E-state index in [1.54, 1.807) is 12.1 Å². The smallest absolute Gasteiger partial charge is 0.141 e. The molecule has 1 aliphatic rings. The summed E-state index contributed by atoms with van der Waals surface area (Å²) in [6.07, 6.45) is 3.41. The average molecular weight is 618 g/mol. The number of ether oxygens (including phenoxy) is 1. The minimum atomic E-state index is -0.535. The summed E-state index contributed by atoms with van der Waals surface area (Å²) in [5.41, 5.74) is 4.21. The molecule has 0 radical (unpaired) electrons. The summed E-state index contributed by atoms with van der Waals surface area (Å²) in [7, 11) is 0. The Morgan fingerprint density at radius 1 is 1.00 bits per heavy atom. The van der Waals surface area contributed by atoms with Crippen molar-refractivity contribution in [2.45, 2.75) is 12.6 Å². The molecule has 0 amide bonds. The first-order chi connectivity index (χ1) is 21.0. The van der Waals surface area contributed by atoms with Gasteiger partial charge in [-0.2, -0.15) is 5.26 Å². The summed E-state index contributed by atoms with van der Waals surface area (Å²) >= 11 is 12.8. The van der Waals surface area contributed by atoms with Gasteiger partial charge in [0.25, 0.3) is 0 Å². The van der Waals surface area contributed by atoms with E-state index in [9.17, 15) is 9.65 Å². The van der Waals surface area contributed by atoms with Crippen LogP contribution in [0.1, 0.15) is 22.9 Å². The van der Waals surface area contributed by atoms with Crippen LogP contribution < -0.4 is 10.6 Å². The molecule has 0 unspecified atom stereocenters. The quantitative estimate of drug-likeness (QED) is 0.195. The van der Waals surface area contributed by atoms with Gasteiger partial charge in [-0.1, -0.05) is 58.7 Å². The molecule has 1 saturated heterocycles. The SMILES string of the molecule is N#Cc1cnc2c(Cl)cc(N[C@@H](c3ccccc3)c3cn(CCN4CCOCC4)nn3)cc2c1Nc1ccc(F)c(Cl)c1. The van der Waals surface area contributed by atoms with Crippen LogP contribution in [0.2, 0.25) is 10.0 Å². The van der Waals surface area contributed by atoms with Crippen molar-refractivity contribution in [1.29, 1.82) is 5.26 Å². The summed E-state index contributed by atoms with van der Waals surface area (Å²) in [6, 6.07) is 19.7. The molecule has 2 N–H and O–H groups in total. The molecule has 0 aliphatic carbocycles. The number of fused-ring (bicyclic) bond motifs is 1. The Kier molecular flexibility index (Phi) is 8.67. The number of nitrogens with one attached hydrogen (secondary N) is 2. The van der Waals surface area contributed by atoms with E-state index in [0.717, 1.165) is 44.1 Å². The van der Waals surface area contributed by atoms with Crippen molar-refractivity contribution in [1.82, 2.24) is 24.9 Å². The Hall–Kier alpha value is -4.27. The van der Waals surface area contributed by atoms with Gasteiger partial charge in [0.2, 0.25) is 0 Å². The number of benzene rings is 3. The number of hydrogen-bond acceptors (Lipinski definition) is 8. The molecular formula is C31H27Cl2FN8O. The normalized spacial score (nSPS) is 14.4. The first kappa shape index (κ1) is 28.8. The molecule has 6 rings (SSSR count). The second-order valence-corrected chi connectivity index (χ2v) is 10.9. The zero-order valence-electron chi connectivity index (χ0n) is 23.0. The molecule has 0 spiro atoms. The molecule has 3 aromatic carbocycles. The minimum absolute atomic E-state index is 0.0362. The van der Waals surface area contributed by atoms with Gasteiger partial charge in [-0.3, -0.25) is 14.6 Å². The molecule has 43 heavy (non-hydrogen) atoms. The summed E-state index contributed by atoms with van der Waals surface area (Å²) in [4.78, 5) is 6.79. The first-order valence-electron chi connectivity index (χ1n) is 13.7. The zero-order chi connectivity index (χ0) is 29.8. The number of nitriles is 1. The molecule has 0 bridgehead atoms. The third-order valence-electron chi connectivity index (χ3n) is 7.28. The number of pyridine rings is 1. The van der Waals surface area contributed by atoms with Gasteiger partial charge in [0.15, 0.2) is 0 Å². The van der Waals surface area contributed by atoms with Gasteiger partial charge in [0.1, 0.15) is 17.6 Å². The van der Waals surface area contributed by atoms with Crippen LogP contribution in [-0.4, -0.2) is 57.7 Å². The van der Waals surface area contributed by atoms with Crippen molar-refractivity contribution in [2.24, 2.45) is 0 Å². The third-order valence-corrected chi connectivity index (χ3v) is 7.86. The molecule has 1 aliphatic heterocycles. The Morgan fingerprint density at radius 2 is 1.79 bits per heavy atom. The monoisotopic (exact) mass is 616 g/mol. The number of nitrogens with zero attached hydrogens (tertiary/aromatic N) is 6. The second-order valence-electron chi connectivity index (χ2n) is 10.1. The predicted molar refractivity (Wildman–Crippen MR) is 165 cm³/mol. The maximum atomic E-state index is 13.8. The van der Waals surface area contributed by atoms with E-state index in [2.05, 4.69) is 36.9 Å². The Balaban J connectivity index is 1.34. The standard InChI is InChI=1S/C31H27Cl2FN8O/c32-25-15-22(6-7-27(25)34)37-29-21(17-35)18-36-31-24(29)14-23(16-26(31)33)38-30(20-4-2-1-3-5-20)28-19-42(40-39-28)9-8-41-10-12-43-13-11-41/h1-7,14-16,18-19,30,38H,8-13H2,(H,36,37)/t30-/m0/s1. The van der Waals surface area contributed by atoms with Crippen LogP contribution in [0.15, 0.2) is 73.1 Å². The molecule has 3 heterocycles. The summed E-state index contributed by atoms with van der Waals surface area (Å²) in [5.74, 6) is -0.535. The van der Waals surface area contributed by atoms with Gasteiger partial charge in [-0.15, -0.1) is 5.10 Å². The number of hydrogen-bond donors (Lipinski definition) is 2. The maximum Gasteiger partial charge on any atom is 0.141 e. The van der Waals surface area contributed by atoms with Crippen molar-refractivity contribution in [2.75, 3.05) is 43.5 Å². The Labute approximate surface area is 257 Å². The fraction of sp³-hybridized carbons (Fsp3) is 0.226. The molecular weight excluding hydrogens is 590 g/mol. The highest BCUT2D eigenvalue weighted by molar-refractivity contribution is 6.36. The molecule has 12 heteroatoms. The topological polar surface area (TPSA) is 104 Å². The van der Waals surface area contributed by atoms with Crippen LogP contribution in [0, 0.1) is 17.1 Å². The summed E-state index contributed by atoms with van der Waals surface area (Å²) < 4.78 is 21.1. The highest BCUT2D eigenvalue weighted by Crippen LogP contribution is 2.37. The fourth-order valence-corrected chi connectivity index (χ4v) is 5.49. The van der Waals surface area contributed by atoms with Crippen LogP contribution in [0.3, 0.4) is 0 Å².